The van der Waals surface area contributed by atoms with E-state index in [2.05, 4.69) is 45.8 Å². The largest absolute Gasteiger partial charge is 0.388 e. The van der Waals surface area contributed by atoms with Crippen molar-refractivity contribution in [2.45, 2.75) is 18.8 Å². The van der Waals surface area contributed by atoms with E-state index in [-0.39, 0.29) is 0 Å². The molecule has 1 fully saturated rings. The van der Waals surface area contributed by atoms with E-state index in [1.807, 2.05) is 7.05 Å². The molecule has 3 nitrogen and oxygen atoms in total. The molecule has 0 aliphatic heterocycles. The van der Waals surface area contributed by atoms with Crippen molar-refractivity contribution in [1.82, 2.24) is 10.2 Å². The maximum atomic E-state index is 4.36. The van der Waals surface area contributed by atoms with E-state index in [4.69, 9.17) is 0 Å². The number of H-pyrrole nitrogens is 1. The predicted molar refractivity (Wildman–Crippen MR) is 65.5 cm³/mol. The monoisotopic (exact) mass is 213 g/mol. The van der Waals surface area contributed by atoms with E-state index >= 15 is 0 Å². The van der Waals surface area contributed by atoms with Crippen molar-refractivity contribution in [2.75, 3.05) is 12.4 Å². The highest BCUT2D eigenvalue weighted by atomic mass is 15.1. The fraction of sp³-hybridized carbons (Fsp3) is 0.308. The Kier molecular flexibility index (Phi) is 2.17. The fourth-order valence-electron chi connectivity index (χ4n) is 1.90. The molecule has 0 unspecified atom stereocenters. The summed E-state index contributed by atoms with van der Waals surface area (Å²) in [5.41, 5.74) is 4.63. The lowest BCUT2D eigenvalue weighted by molar-refractivity contribution is 0.967. The molecule has 1 aliphatic carbocycles. The smallest absolute Gasteiger partial charge is 0.0923 e. The average molecular weight is 213 g/mol. The lowest BCUT2D eigenvalue weighted by Gasteiger charge is -2.00. The minimum Gasteiger partial charge on any atom is -0.388 e. The predicted octanol–water partition coefficient (Wildman–Crippen LogP) is 3.00. The zero-order valence-corrected chi connectivity index (χ0v) is 9.33. The second kappa shape index (κ2) is 3.67. The summed E-state index contributed by atoms with van der Waals surface area (Å²) in [5, 5.41) is 10.6. The summed E-state index contributed by atoms with van der Waals surface area (Å²) in [5.74, 6) is 0.734. The van der Waals surface area contributed by atoms with E-state index in [1.54, 1.807) is 0 Å². The minimum absolute atomic E-state index is 0.734. The van der Waals surface area contributed by atoms with Gasteiger partial charge in [-0.2, -0.15) is 5.10 Å². The van der Waals surface area contributed by atoms with Crippen LogP contribution in [0.25, 0.3) is 11.3 Å². The van der Waals surface area contributed by atoms with Gasteiger partial charge in [-0.3, -0.25) is 5.10 Å². The first-order chi connectivity index (χ1) is 7.86. The number of aromatic nitrogens is 2. The molecule has 3 rings (SSSR count). The van der Waals surface area contributed by atoms with E-state index in [1.165, 1.54) is 24.1 Å². The van der Waals surface area contributed by atoms with Crippen LogP contribution in [0.15, 0.2) is 30.3 Å². The Morgan fingerprint density at radius 2 is 2.00 bits per heavy atom. The van der Waals surface area contributed by atoms with Gasteiger partial charge in [-0.25, -0.2) is 0 Å². The first kappa shape index (κ1) is 9.46. The molecule has 0 saturated heterocycles. The maximum absolute atomic E-state index is 4.36. The van der Waals surface area contributed by atoms with E-state index in [9.17, 15) is 0 Å². The molecule has 82 valence electrons. The van der Waals surface area contributed by atoms with Gasteiger partial charge in [-0.15, -0.1) is 0 Å². The third-order valence-electron chi connectivity index (χ3n) is 3.08. The standard InChI is InChI=1S/C13H15N3/c1-14-11-6-4-10(5-7-11)13-8-12(15-16-13)9-2-3-9/h4-9,14H,2-3H2,1H3,(H,15,16). The molecular weight excluding hydrogens is 198 g/mol. The van der Waals surface area contributed by atoms with E-state index in [0.29, 0.717) is 0 Å². The topological polar surface area (TPSA) is 40.7 Å². The average Bonchev–Trinajstić information content (AvgIpc) is 3.08. The second-order valence-corrected chi connectivity index (χ2v) is 4.31. The normalized spacial score (nSPS) is 15.1. The Morgan fingerprint density at radius 1 is 1.25 bits per heavy atom. The van der Waals surface area contributed by atoms with Crippen molar-refractivity contribution in [1.29, 1.82) is 0 Å². The van der Waals surface area contributed by atoms with Gasteiger partial charge in [0.2, 0.25) is 0 Å². The van der Waals surface area contributed by atoms with E-state index < -0.39 is 0 Å². The molecule has 1 heterocycles. The third-order valence-corrected chi connectivity index (χ3v) is 3.08. The van der Waals surface area contributed by atoms with Crippen LogP contribution in [0, 0.1) is 0 Å². The Bertz CT molecular complexity index is 480. The highest BCUT2D eigenvalue weighted by Crippen LogP contribution is 2.39. The number of nitrogens with one attached hydrogen (secondary N) is 2. The summed E-state index contributed by atoms with van der Waals surface area (Å²) in [7, 11) is 1.93. The van der Waals surface area contributed by atoms with Gasteiger partial charge < -0.3 is 5.32 Å². The molecule has 2 N–H and O–H groups in total. The quantitative estimate of drug-likeness (QED) is 0.822. The Balaban J connectivity index is 1.88. The lowest BCUT2D eigenvalue weighted by atomic mass is 10.1. The van der Waals surface area contributed by atoms with Crippen LogP contribution in [0.1, 0.15) is 24.5 Å². The first-order valence-electron chi connectivity index (χ1n) is 5.70. The number of hydrogen-bond donors (Lipinski definition) is 2. The Labute approximate surface area is 94.9 Å². The van der Waals surface area contributed by atoms with Crippen LogP contribution in [-0.2, 0) is 0 Å². The number of nitrogens with zero attached hydrogens (tertiary/aromatic N) is 1. The van der Waals surface area contributed by atoms with Gasteiger partial charge >= 0.3 is 0 Å². The Morgan fingerprint density at radius 3 is 2.62 bits per heavy atom. The van der Waals surface area contributed by atoms with Crippen LogP contribution in [0.3, 0.4) is 0 Å². The summed E-state index contributed by atoms with van der Waals surface area (Å²) in [6.45, 7) is 0. The van der Waals surface area contributed by atoms with Gasteiger partial charge in [0.25, 0.3) is 0 Å². The molecule has 1 aromatic carbocycles. The van der Waals surface area contributed by atoms with Crippen molar-refractivity contribution < 1.29 is 0 Å². The molecule has 0 amide bonds. The zero-order chi connectivity index (χ0) is 11.0. The van der Waals surface area contributed by atoms with Crippen LogP contribution >= 0.6 is 0 Å². The summed E-state index contributed by atoms with van der Waals surface area (Å²) in [4.78, 5) is 0. The van der Waals surface area contributed by atoms with Crippen LogP contribution in [0.2, 0.25) is 0 Å². The van der Waals surface area contributed by atoms with Gasteiger partial charge in [0, 0.05) is 29.9 Å². The SMILES string of the molecule is CNc1ccc(-c2cc(C3CC3)[nH]n2)cc1. The Hall–Kier alpha value is -1.77. The molecule has 1 saturated carbocycles. The molecule has 2 aromatic rings. The van der Waals surface area contributed by atoms with Crippen molar-refractivity contribution in [3.63, 3.8) is 0 Å². The van der Waals surface area contributed by atoms with Crippen LogP contribution in [0.5, 0.6) is 0 Å². The molecule has 1 aliphatic rings. The molecular formula is C13H15N3. The van der Waals surface area contributed by atoms with E-state index in [0.717, 1.165) is 17.3 Å². The fourth-order valence-corrected chi connectivity index (χ4v) is 1.90. The summed E-state index contributed by atoms with van der Waals surface area (Å²) in [6.07, 6.45) is 2.61. The third kappa shape index (κ3) is 1.69. The van der Waals surface area contributed by atoms with Crippen molar-refractivity contribution in [2.24, 2.45) is 0 Å². The summed E-state index contributed by atoms with van der Waals surface area (Å²) >= 11 is 0. The van der Waals surface area contributed by atoms with Gasteiger partial charge in [-0.1, -0.05) is 12.1 Å². The molecule has 1 aromatic heterocycles. The van der Waals surface area contributed by atoms with Gasteiger partial charge in [0.1, 0.15) is 0 Å². The van der Waals surface area contributed by atoms with Crippen molar-refractivity contribution in [3.05, 3.63) is 36.0 Å². The molecule has 0 radical (unpaired) electrons. The number of anilines is 1. The second-order valence-electron chi connectivity index (χ2n) is 4.31. The molecule has 0 spiro atoms. The van der Waals surface area contributed by atoms with Crippen LogP contribution in [-0.4, -0.2) is 17.2 Å². The maximum Gasteiger partial charge on any atom is 0.0923 e. The number of rotatable bonds is 3. The molecule has 16 heavy (non-hydrogen) atoms. The lowest BCUT2D eigenvalue weighted by Crippen LogP contribution is -1.86. The highest BCUT2D eigenvalue weighted by Gasteiger charge is 2.25. The number of hydrogen-bond acceptors (Lipinski definition) is 2. The molecule has 0 atom stereocenters. The highest BCUT2D eigenvalue weighted by molar-refractivity contribution is 5.63. The van der Waals surface area contributed by atoms with Crippen molar-refractivity contribution in [3.8, 4) is 11.3 Å². The van der Waals surface area contributed by atoms with Gasteiger partial charge in [0.05, 0.1) is 5.69 Å². The molecule has 0 bridgehead atoms. The molecule has 3 heteroatoms. The van der Waals surface area contributed by atoms with Gasteiger partial charge in [0.15, 0.2) is 0 Å². The number of benzene rings is 1. The van der Waals surface area contributed by atoms with Crippen LogP contribution in [0.4, 0.5) is 5.69 Å². The van der Waals surface area contributed by atoms with Crippen molar-refractivity contribution >= 4 is 5.69 Å². The first-order valence-corrected chi connectivity index (χ1v) is 5.70. The summed E-state index contributed by atoms with van der Waals surface area (Å²) < 4.78 is 0. The van der Waals surface area contributed by atoms with Crippen LogP contribution < -0.4 is 5.32 Å². The number of aromatic amines is 1. The zero-order valence-electron chi connectivity index (χ0n) is 9.33. The minimum atomic E-state index is 0.734. The summed E-state index contributed by atoms with van der Waals surface area (Å²) in [6, 6.07) is 10.5. The van der Waals surface area contributed by atoms with Gasteiger partial charge in [-0.05, 0) is 31.0 Å².